The van der Waals surface area contributed by atoms with E-state index in [2.05, 4.69) is 0 Å². The summed E-state index contributed by atoms with van der Waals surface area (Å²) in [7, 11) is -3.96. The molecule has 2 aliphatic rings. The van der Waals surface area contributed by atoms with Crippen molar-refractivity contribution in [1.82, 2.24) is 4.90 Å². The number of aromatic carboxylic acids is 1. The van der Waals surface area contributed by atoms with Crippen molar-refractivity contribution in [2.45, 2.75) is 47.9 Å². The molecule has 150 valence electrons. The van der Waals surface area contributed by atoms with Gasteiger partial charge in [0, 0.05) is 6.04 Å². The van der Waals surface area contributed by atoms with Crippen LogP contribution in [0.5, 0.6) is 0 Å². The molecular formula is C21H19NO6S. The summed E-state index contributed by atoms with van der Waals surface area (Å²) in [5, 5.41) is 8.96. The van der Waals surface area contributed by atoms with E-state index in [1.165, 1.54) is 47.4 Å². The first-order valence-electron chi connectivity index (χ1n) is 9.41. The number of hydrogen-bond acceptors (Lipinski definition) is 5. The van der Waals surface area contributed by atoms with Gasteiger partial charge >= 0.3 is 5.97 Å². The molecule has 0 saturated heterocycles. The molecule has 0 atom stereocenters. The van der Waals surface area contributed by atoms with E-state index in [9.17, 15) is 22.8 Å². The monoisotopic (exact) mass is 413 g/mol. The van der Waals surface area contributed by atoms with Crippen LogP contribution in [-0.4, -0.2) is 42.2 Å². The zero-order valence-electron chi connectivity index (χ0n) is 15.5. The van der Waals surface area contributed by atoms with E-state index in [4.69, 9.17) is 5.11 Å². The maximum Gasteiger partial charge on any atom is 0.335 e. The fraction of sp³-hybridized carbons (Fsp3) is 0.286. The minimum atomic E-state index is -3.96. The Balaban J connectivity index is 1.69. The van der Waals surface area contributed by atoms with Crippen LogP contribution in [0.3, 0.4) is 0 Å². The number of sulfone groups is 1. The Labute approximate surface area is 167 Å². The maximum atomic E-state index is 12.9. The number of rotatable bonds is 4. The lowest BCUT2D eigenvalue weighted by Gasteiger charge is -2.29. The second kappa shape index (κ2) is 7.11. The number of imide groups is 1. The van der Waals surface area contributed by atoms with Gasteiger partial charge in [-0.2, -0.15) is 0 Å². The summed E-state index contributed by atoms with van der Waals surface area (Å²) >= 11 is 0. The topological polar surface area (TPSA) is 109 Å². The summed E-state index contributed by atoms with van der Waals surface area (Å²) in [5.41, 5.74) is 0.298. The van der Waals surface area contributed by atoms with Crippen LogP contribution in [0.1, 0.15) is 63.2 Å². The maximum absolute atomic E-state index is 12.9. The number of amides is 2. The highest BCUT2D eigenvalue weighted by molar-refractivity contribution is 7.91. The molecule has 1 aliphatic heterocycles. The van der Waals surface area contributed by atoms with E-state index >= 15 is 0 Å². The van der Waals surface area contributed by atoms with E-state index in [0.717, 1.165) is 32.1 Å². The van der Waals surface area contributed by atoms with Crippen LogP contribution in [0.15, 0.2) is 52.3 Å². The van der Waals surface area contributed by atoms with Gasteiger partial charge in [0.05, 0.1) is 26.5 Å². The largest absolute Gasteiger partial charge is 0.478 e. The van der Waals surface area contributed by atoms with Crippen molar-refractivity contribution in [3.63, 3.8) is 0 Å². The fourth-order valence-electron chi connectivity index (χ4n) is 3.99. The molecule has 4 rings (SSSR count). The van der Waals surface area contributed by atoms with E-state index in [0.29, 0.717) is 0 Å². The van der Waals surface area contributed by atoms with Crippen molar-refractivity contribution in [3.8, 4) is 0 Å². The lowest BCUT2D eigenvalue weighted by Crippen LogP contribution is -2.40. The first kappa shape index (κ1) is 19.3. The third-order valence-electron chi connectivity index (χ3n) is 5.55. The quantitative estimate of drug-likeness (QED) is 0.772. The molecule has 1 heterocycles. The van der Waals surface area contributed by atoms with Gasteiger partial charge in [0.25, 0.3) is 11.8 Å². The van der Waals surface area contributed by atoms with Crippen molar-refractivity contribution in [2.75, 3.05) is 0 Å². The molecule has 1 fully saturated rings. The molecule has 8 heteroatoms. The molecule has 0 bridgehead atoms. The molecule has 29 heavy (non-hydrogen) atoms. The van der Waals surface area contributed by atoms with Gasteiger partial charge in [0.15, 0.2) is 0 Å². The fourth-order valence-corrected chi connectivity index (χ4v) is 5.28. The Morgan fingerprint density at radius 1 is 0.862 bits per heavy atom. The van der Waals surface area contributed by atoms with Gasteiger partial charge in [-0.05, 0) is 55.3 Å². The number of carbonyl (C=O) groups is 3. The van der Waals surface area contributed by atoms with Crippen LogP contribution in [0.2, 0.25) is 0 Å². The molecule has 1 aliphatic carbocycles. The summed E-state index contributed by atoms with van der Waals surface area (Å²) in [6.45, 7) is 0. The Morgan fingerprint density at radius 3 is 2.07 bits per heavy atom. The molecule has 0 unspecified atom stereocenters. The molecule has 0 aromatic heterocycles. The zero-order valence-corrected chi connectivity index (χ0v) is 16.3. The Hall–Kier alpha value is -3.00. The third kappa shape index (κ3) is 3.23. The summed E-state index contributed by atoms with van der Waals surface area (Å²) in [6, 6.07) is 8.66. The van der Waals surface area contributed by atoms with Crippen LogP contribution in [0.4, 0.5) is 0 Å². The van der Waals surface area contributed by atoms with Gasteiger partial charge < -0.3 is 5.11 Å². The SMILES string of the molecule is O=C(O)c1ccc(S(=O)(=O)c2ccc3c(c2)C(=O)N(C2CCCCC2)C3=O)cc1. The van der Waals surface area contributed by atoms with Crippen molar-refractivity contribution in [2.24, 2.45) is 0 Å². The van der Waals surface area contributed by atoms with E-state index < -0.39 is 21.7 Å². The third-order valence-corrected chi connectivity index (χ3v) is 7.32. The first-order chi connectivity index (χ1) is 13.8. The van der Waals surface area contributed by atoms with Gasteiger partial charge in [-0.3, -0.25) is 14.5 Å². The summed E-state index contributed by atoms with van der Waals surface area (Å²) in [5.74, 6) is -1.97. The average molecular weight is 413 g/mol. The second-order valence-electron chi connectivity index (χ2n) is 7.31. The van der Waals surface area contributed by atoms with Crippen molar-refractivity contribution in [3.05, 3.63) is 59.2 Å². The molecule has 2 aromatic carbocycles. The van der Waals surface area contributed by atoms with Gasteiger partial charge in [-0.1, -0.05) is 19.3 Å². The Kier molecular flexibility index (Phi) is 4.74. The summed E-state index contributed by atoms with van der Waals surface area (Å²) in [4.78, 5) is 37.7. The van der Waals surface area contributed by atoms with Crippen LogP contribution in [0.25, 0.3) is 0 Å². The van der Waals surface area contributed by atoms with E-state index in [1.54, 1.807) is 0 Å². The number of benzene rings is 2. The van der Waals surface area contributed by atoms with Gasteiger partial charge in [0.1, 0.15) is 0 Å². The number of carboxylic acids is 1. The van der Waals surface area contributed by atoms with Gasteiger partial charge in [-0.25, -0.2) is 13.2 Å². The summed E-state index contributed by atoms with van der Waals surface area (Å²) in [6.07, 6.45) is 4.55. The number of carboxylic acid groups (broad SMARTS) is 1. The summed E-state index contributed by atoms with van der Waals surface area (Å²) < 4.78 is 25.9. The Morgan fingerprint density at radius 2 is 1.45 bits per heavy atom. The van der Waals surface area contributed by atoms with E-state index in [1.807, 2.05) is 0 Å². The van der Waals surface area contributed by atoms with Crippen molar-refractivity contribution < 1.29 is 27.9 Å². The average Bonchev–Trinajstić information content (AvgIpc) is 2.98. The van der Waals surface area contributed by atoms with Crippen molar-refractivity contribution in [1.29, 1.82) is 0 Å². The van der Waals surface area contributed by atoms with Crippen LogP contribution in [-0.2, 0) is 9.84 Å². The predicted molar refractivity (Wildman–Crippen MR) is 103 cm³/mol. The van der Waals surface area contributed by atoms with Crippen LogP contribution in [0, 0.1) is 0 Å². The second-order valence-corrected chi connectivity index (χ2v) is 9.26. The lowest BCUT2D eigenvalue weighted by molar-refractivity contribution is 0.0547. The number of hydrogen-bond donors (Lipinski definition) is 1. The van der Waals surface area contributed by atoms with Crippen LogP contribution < -0.4 is 0 Å². The standard InChI is InChI=1S/C21H19NO6S/c23-19-17-11-10-16(29(27,28)15-8-6-13(7-9-15)21(25)26)12-18(17)20(24)22(19)14-4-2-1-3-5-14/h6-12,14H,1-5H2,(H,25,26). The zero-order chi connectivity index (χ0) is 20.8. The number of nitrogens with zero attached hydrogens (tertiary/aromatic N) is 1. The molecule has 7 nitrogen and oxygen atoms in total. The molecule has 2 amide bonds. The molecular weight excluding hydrogens is 394 g/mol. The molecule has 2 aromatic rings. The molecule has 0 radical (unpaired) electrons. The molecule has 1 saturated carbocycles. The van der Waals surface area contributed by atoms with Gasteiger partial charge in [-0.15, -0.1) is 0 Å². The number of fused-ring (bicyclic) bond motifs is 1. The van der Waals surface area contributed by atoms with E-state index in [-0.39, 0.29) is 38.4 Å². The molecule has 0 spiro atoms. The highest BCUT2D eigenvalue weighted by Crippen LogP contribution is 2.33. The number of carbonyl (C=O) groups excluding carboxylic acids is 2. The first-order valence-corrected chi connectivity index (χ1v) is 10.9. The normalized spacial score (nSPS) is 17.4. The lowest BCUT2D eigenvalue weighted by atomic mass is 9.94. The minimum Gasteiger partial charge on any atom is -0.478 e. The van der Waals surface area contributed by atoms with Crippen LogP contribution >= 0.6 is 0 Å². The minimum absolute atomic E-state index is 0.0261. The van der Waals surface area contributed by atoms with Gasteiger partial charge in [0.2, 0.25) is 9.84 Å². The highest BCUT2D eigenvalue weighted by Gasteiger charge is 2.40. The highest BCUT2D eigenvalue weighted by atomic mass is 32.2. The molecule has 1 N–H and O–H groups in total. The predicted octanol–water partition coefficient (Wildman–Crippen LogP) is 3.15. The Bertz CT molecular complexity index is 1110. The van der Waals surface area contributed by atoms with Crippen molar-refractivity contribution >= 4 is 27.6 Å². The smallest absolute Gasteiger partial charge is 0.335 e.